The van der Waals surface area contributed by atoms with Crippen molar-refractivity contribution in [1.29, 1.82) is 0 Å². The number of allylic oxidation sites excluding steroid dienone is 1. The van der Waals surface area contributed by atoms with Crippen molar-refractivity contribution >= 4 is 17.2 Å². The van der Waals surface area contributed by atoms with Crippen LogP contribution in [-0.4, -0.2) is 5.78 Å². The molecule has 2 unspecified atom stereocenters. The molecule has 2 atom stereocenters. The van der Waals surface area contributed by atoms with Crippen molar-refractivity contribution in [3.63, 3.8) is 0 Å². The topological polar surface area (TPSA) is 41.1 Å². The van der Waals surface area contributed by atoms with Gasteiger partial charge in [0.25, 0.3) is 0 Å². The second-order valence-corrected chi connectivity index (χ2v) is 8.25. The molecule has 2 N–H and O–H groups in total. The Hall–Kier alpha value is -3.47. The number of para-hydroxylation sites is 2. The van der Waals surface area contributed by atoms with Crippen LogP contribution in [0.3, 0.4) is 0 Å². The third-order valence-electron chi connectivity index (χ3n) is 6.13. The minimum Gasteiger partial charge on any atom is -0.372 e. The fraction of sp³-hybridized carbons (Fsp3) is 0.192. The molecule has 31 heavy (non-hydrogen) atoms. The van der Waals surface area contributed by atoms with E-state index in [-0.39, 0.29) is 17.3 Å². The van der Waals surface area contributed by atoms with Gasteiger partial charge in [-0.1, -0.05) is 42.0 Å². The van der Waals surface area contributed by atoms with E-state index in [1.54, 1.807) is 0 Å². The monoisotopic (exact) mass is 416 g/mol. The lowest BCUT2D eigenvalue weighted by Gasteiger charge is -2.30. The number of aryl methyl sites for hydroxylation is 1. The summed E-state index contributed by atoms with van der Waals surface area (Å²) in [7, 11) is 0. The molecule has 5 rings (SSSR count). The molecule has 0 spiro atoms. The number of hydrogen-bond acceptors (Lipinski definition) is 3. The standard InChI is InChI=1S/C26H22F2N2O/c1-15-6-8-16(9-7-15)17-12-23-25(24(31)13-17)26(19-14-18(27)10-11-20(19)28)30-22-5-3-2-4-21(22)29-23/h2-11,14,17,26,29-30H,12-13H2,1H3. The molecular formula is C26H22F2N2O. The summed E-state index contributed by atoms with van der Waals surface area (Å²) in [4.78, 5) is 13.4. The van der Waals surface area contributed by atoms with E-state index in [1.807, 2.05) is 43.3 Å². The Bertz CT molecular complexity index is 1200. The van der Waals surface area contributed by atoms with Gasteiger partial charge in [-0.25, -0.2) is 8.78 Å². The molecule has 3 aromatic rings. The molecule has 1 heterocycles. The number of hydrogen-bond donors (Lipinski definition) is 2. The highest BCUT2D eigenvalue weighted by atomic mass is 19.1. The number of rotatable bonds is 2. The van der Waals surface area contributed by atoms with Crippen LogP contribution in [0.15, 0.2) is 78.0 Å². The zero-order valence-corrected chi connectivity index (χ0v) is 17.1. The summed E-state index contributed by atoms with van der Waals surface area (Å²) < 4.78 is 28.8. The highest BCUT2D eigenvalue weighted by Gasteiger charge is 2.37. The molecule has 0 saturated carbocycles. The van der Waals surface area contributed by atoms with Crippen LogP contribution in [0.5, 0.6) is 0 Å². The van der Waals surface area contributed by atoms with Gasteiger partial charge in [-0.2, -0.15) is 0 Å². The molecule has 2 aliphatic rings. The van der Waals surface area contributed by atoms with E-state index in [9.17, 15) is 13.6 Å². The van der Waals surface area contributed by atoms with Gasteiger partial charge >= 0.3 is 0 Å². The van der Waals surface area contributed by atoms with E-state index < -0.39 is 17.7 Å². The molecule has 3 nitrogen and oxygen atoms in total. The summed E-state index contributed by atoms with van der Waals surface area (Å²) in [6, 6.07) is 18.4. The van der Waals surface area contributed by atoms with E-state index in [2.05, 4.69) is 22.8 Å². The van der Waals surface area contributed by atoms with Crippen molar-refractivity contribution in [3.05, 3.63) is 106 Å². The van der Waals surface area contributed by atoms with Gasteiger partial charge in [0, 0.05) is 23.3 Å². The first-order chi connectivity index (χ1) is 15.0. The number of anilines is 2. The summed E-state index contributed by atoms with van der Waals surface area (Å²) in [6.07, 6.45) is 0.947. The summed E-state index contributed by atoms with van der Waals surface area (Å²) >= 11 is 0. The van der Waals surface area contributed by atoms with Crippen LogP contribution in [0.2, 0.25) is 0 Å². The molecule has 3 aromatic carbocycles. The Labute approximate surface area is 179 Å². The van der Waals surface area contributed by atoms with Gasteiger partial charge < -0.3 is 10.6 Å². The molecule has 0 saturated heterocycles. The maximum absolute atomic E-state index is 14.8. The first-order valence-corrected chi connectivity index (χ1v) is 10.4. The highest BCUT2D eigenvalue weighted by Crippen LogP contribution is 2.44. The first-order valence-electron chi connectivity index (χ1n) is 10.4. The number of nitrogens with one attached hydrogen (secondary N) is 2. The molecule has 5 heteroatoms. The average molecular weight is 416 g/mol. The average Bonchev–Trinajstić information content (AvgIpc) is 2.92. The van der Waals surface area contributed by atoms with Gasteiger partial charge in [0.1, 0.15) is 11.6 Å². The van der Waals surface area contributed by atoms with Crippen LogP contribution in [0, 0.1) is 18.6 Å². The Morgan fingerprint density at radius 1 is 0.903 bits per heavy atom. The van der Waals surface area contributed by atoms with Crippen molar-refractivity contribution in [1.82, 2.24) is 0 Å². The number of benzene rings is 3. The van der Waals surface area contributed by atoms with E-state index >= 15 is 0 Å². The zero-order valence-electron chi connectivity index (χ0n) is 17.1. The van der Waals surface area contributed by atoms with Crippen LogP contribution in [-0.2, 0) is 4.79 Å². The Kier molecular flexibility index (Phi) is 4.81. The summed E-state index contributed by atoms with van der Waals surface area (Å²) in [5, 5.41) is 6.70. The molecule has 0 bridgehead atoms. The Morgan fingerprint density at radius 2 is 1.65 bits per heavy atom. The Morgan fingerprint density at radius 3 is 2.42 bits per heavy atom. The van der Waals surface area contributed by atoms with Crippen LogP contribution in [0.1, 0.15) is 41.5 Å². The van der Waals surface area contributed by atoms with Gasteiger partial charge in [-0.05, 0) is 55.2 Å². The van der Waals surface area contributed by atoms with Gasteiger partial charge in [0.15, 0.2) is 5.78 Å². The fourth-order valence-electron chi connectivity index (χ4n) is 4.54. The van der Waals surface area contributed by atoms with Gasteiger partial charge in [-0.3, -0.25) is 4.79 Å². The second kappa shape index (κ2) is 7.65. The van der Waals surface area contributed by atoms with E-state index in [0.29, 0.717) is 18.4 Å². The van der Waals surface area contributed by atoms with E-state index in [4.69, 9.17) is 0 Å². The largest absolute Gasteiger partial charge is 0.372 e. The third kappa shape index (κ3) is 3.61. The van der Waals surface area contributed by atoms with Crippen molar-refractivity contribution in [2.75, 3.05) is 10.6 Å². The molecule has 0 aromatic heterocycles. The molecule has 0 amide bonds. The van der Waals surface area contributed by atoms with Crippen LogP contribution >= 0.6 is 0 Å². The second-order valence-electron chi connectivity index (χ2n) is 8.25. The van der Waals surface area contributed by atoms with Crippen molar-refractivity contribution in [2.45, 2.75) is 31.7 Å². The number of carbonyl (C=O) groups is 1. The van der Waals surface area contributed by atoms with E-state index in [0.717, 1.165) is 40.3 Å². The normalized spacial score (nSPS) is 20.3. The lowest BCUT2D eigenvalue weighted by Crippen LogP contribution is -2.27. The predicted molar refractivity (Wildman–Crippen MR) is 118 cm³/mol. The van der Waals surface area contributed by atoms with Gasteiger partial charge in [-0.15, -0.1) is 0 Å². The molecule has 156 valence electrons. The van der Waals surface area contributed by atoms with Gasteiger partial charge in [0.2, 0.25) is 0 Å². The maximum atomic E-state index is 14.8. The number of ketones is 1. The lowest BCUT2D eigenvalue weighted by molar-refractivity contribution is -0.116. The molecule has 0 fully saturated rings. The third-order valence-corrected chi connectivity index (χ3v) is 6.13. The minimum absolute atomic E-state index is 0.0302. The minimum atomic E-state index is -0.770. The number of halogens is 2. The zero-order chi connectivity index (χ0) is 21.5. The van der Waals surface area contributed by atoms with Crippen LogP contribution in [0.25, 0.3) is 0 Å². The number of Topliss-reactive ketones (excluding diaryl/α,β-unsaturated/α-hetero) is 1. The highest BCUT2D eigenvalue weighted by molar-refractivity contribution is 6.01. The molecule has 1 aliphatic heterocycles. The smallest absolute Gasteiger partial charge is 0.163 e. The van der Waals surface area contributed by atoms with Crippen molar-refractivity contribution < 1.29 is 13.6 Å². The lowest BCUT2D eigenvalue weighted by atomic mass is 9.78. The number of carbonyl (C=O) groups excluding carboxylic acids is 1. The molecule has 1 aliphatic carbocycles. The first kappa shape index (κ1) is 19.5. The van der Waals surface area contributed by atoms with Crippen LogP contribution < -0.4 is 10.6 Å². The van der Waals surface area contributed by atoms with Crippen molar-refractivity contribution in [2.24, 2.45) is 0 Å². The van der Waals surface area contributed by atoms with Crippen molar-refractivity contribution in [3.8, 4) is 0 Å². The molecule has 0 radical (unpaired) electrons. The summed E-state index contributed by atoms with van der Waals surface area (Å²) in [5.41, 5.74) is 5.19. The summed E-state index contributed by atoms with van der Waals surface area (Å²) in [6.45, 7) is 2.03. The van der Waals surface area contributed by atoms with Gasteiger partial charge in [0.05, 0.1) is 17.4 Å². The maximum Gasteiger partial charge on any atom is 0.163 e. The fourth-order valence-corrected chi connectivity index (χ4v) is 4.54. The predicted octanol–water partition coefficient (Wildman–Crippen LogP) is 6.25. The van der Waals surface area contributed by atoms with E-state index in [1.165, 1.54) is 6.07 Å². The Balaban J connectivity index is 1.63. The SMILES string of the molecule is Cc1ccc(C2CC(=O)C3=C(C2)Nc2ccccc2NC3c2cc(F)ccc2F)cc1. The molecular weight excluding hydrogens is 394 g/mol. The quantitative estimate of drug-likeness (QED) is 0.519. The number of fused-ring (bicyclic) bond motifs is 1. The summed E-state index contributed by atoms with van der Waals surface area (Å²) in [5.74, 6) is -1.11. The van der Waals surface area contributed by atoms with Crippen LogP contribution in [0.4, 0.5) is 20.2 Å².